The van der Waals surface area contributed by atoms with Crippen LogP contribution in [0, 0.1) is 6.92 Å². The lowest BCUT2D eigenvalue weighted by Crippen LogP contribution is -2.17. The molecule has 1 fully saturated rings. The highest BCUT2D eigenvalue weighted by Gasteiger charge is 2.22. The second-order valence-electron chi connectivity index (χ2n) is 4.42. The fourth-order valence-corrected chi connectivity index (χ4v) is 3.19. The second-order valence-corrected chi connectivity index (χ2v) is 6.49. The van der Waals surface area contributed by atoms with E-state index in [4.69, 9.17) is 23.8 Å². The Kier molecular flexibility index (Phi) is 3.50. The number of aryl methyl sites for hydroxylation is 1. The number of aromatic nitrogens is 1. The normalized spacial score (nSPS) is 17.0. The molecule has 100 valence electrons. The standard InChI is InChI=1S/C14H9ClN2OS2/c1-7-2-3-10-8(4-7)5-9(12(15)16-10)6-11-13(18)17-14(19)20-11/h2-6H,1H3,(H,17,18,19). The van der Waals surface area contributed by atoms with Crippen molar-refractivity contribution in [2.75, 3.05) is 0 Å². The molecule has 1 aromatic carbocycles. The van der Waals surface area contributed by atoms with Crippen LogP contribution >= 0.6 is 35.6 Å². The minimum atomic E-state index is -0.194. The number of hydrogen-bond acceptors (Lipinski definition) is 4. The summed E-state index contributed by atoms with van der Waals surface area (Å²) in [6.07, 6.45) is 1.72. The molecule has 0 spiro atoms. The van der Waals surface area contributed by atoms with E-state index in [0.29, 0.717) is 19.9 Å². The van der Waals surface area contributed by atoms with Crippen LogP contribution < -0.4 is 5.32 Å². The maximum Gasteiger partial charge on any atom is 0.263 e. The number of carbonyl (C=O) groups excluding carboxylic acids is 1. The SMILES string of the molecule is Cc1ccc2nc(Cl)c(C=C3SC(=S)NC3=O)cc2c1. The summed E-state index contributed by atoms with van der Waals surface area (Å²) in [6.45, 7) is 2.02. The highest BCUT2D eigenvalue weighted by molar-refractivity contribution is 8.26. The molecular weight excluding hydrogens is 312 g/mol. The Morgan fingerprint density at radius 1 is 1.40 bits per heavy atom. The Hall–Kier alpha value is -1.43. The monoisotopic (exact) mass is 320 g/mol. The average Bonchev–Trinajstić information content (AvgIpc) is 2.69. The number of benzene rings is 1. The summed E-state index contributed by atoms with van der Waals surface area (Å²) in [5.41, 5.74) is 2.70. The summed E-state index contributed by atoms with van der Waals surface area (Å²) < 4.78 is 0.460. The van der Waals surface area contributed by atoms with Crippen LogP contribution in [0.15, 0.2) is 29.2 Å². The molecule has 1 saturated heterocycles. The number of nitrogens with one attached hydrogen (secondary N) is 1. The number of carbonyl (C=O) groups is 1. The lowest BCUT2D eigenvalue weighted by Gasteiger charge is -2.04. The fourth-order valence-electron chi connectivity index (χ4n) is 1.95. The number of nitrogens with zero attached hydrogens (tertiary/aromatic N) is 1. The van der Waals surface area contributed by atoms with E-state index in [1.165, 1.54) is 11.8 Å². The van der Waals surface area contributed by atoms with Crippen LogP contribution in [0.2, 0.25) is 5.15 Å². The molecule has 2 aromatic rings. The molecule has 20 heavy (non-hydrogen) atoms. The Balaban J connectivity index is 2.12. The van der Waals surface area contributed by atoms with Gasteiger partial charge in [0.05, 0.1) is 10.4 Å². The molecule has 0 saturated carbocycles. The lowest BCUT2D eigenvalue weighted by molar-refractivity contribution is -0.115. The first-order valence-corrected chi connectivity index (χ1v) is 7.45. The Morgan fingerprint density at radius 2 is 2.20 bits per heavy atom. The third-order valence-corrected chi connectivity index (χ3v) is 4.34. The van der Waals surface area contributed by atoms with Crippen molar-refractivity contribution < 1.29 is 4.79 Å². The zero-order valence-corrected chi connectivity index (χ0v) is 12.8. The molecule has 0 aliphatic carbocycles. The van der Waals surface area contributed by atoms with E-state index < -0.39 is 0 Å². The molecule has 0 radical (unpaired) electrons. The molecule has 1 aliphatic rings. The van der Waals surface area contributed by atoms with Crippen LogP contribution in [0.4, 0.5) is 0 Å². The first kappa shape index (κ1) is 13.5. The zero-order valence-electron chi connectivity index (χ0n) is 10.4. The number of hydrogen-bond donors (Lipinski definition) is 1. The number of fused-ring (bicyclic) bond motifs is 1. The Bertz CT molecular complexity index is 786. The van der Waals surface area contributed by atoms with Gasteiger partial charge in [0.1, 0.15) is 9.47 Å². The number of pyridine rings is 1. The Labute approximate surface area is 130 Å². The summed E-state index contributed by atoms with van der Waals surface area (Å²) in [6, 6.07) is 7.88. The van der Waals surface area contributed by atoms with E-state index in [0.717, 1.165) is 16.5 Å². The van der Waals surface area contributed by atoms with Crippen LogP contribution in [0.1, 0.15) is 11.1 Å². The zero-order chi connectivity index (χ0) is 14.3. The van der Waals surface area contributed by atoms with Gasteiger partial charge < -0.3 is 5.32 Å². The summed E-state index contributed by atoms with van der Waals surface area (Å²) in [5.74, 6) is -0.194. The van der Waals surface area contributed by atoms with Crippen molar-refractivity contribution >= 4 is 62.8 Å². The number of rotatable bonds is 1. The molecule has 6 heteroatoms. The third-order valence-electron chi connectivity index (χ3n) is 2.88. The first-order valence-electron chi connectivity index (χ1n) is 5.85. The predicted octanol–water partition coefficient (Wildman–Crippen LogP) is 3.69. The minimum absolute atomic E-state index is 0.194. The van der Waals surface area contributed by atoms with E-state index in [9.17, 15) is 4.79 Å². The van der Waals surface area contributed by atoms with Gasteiger partial charge in [-0.15, -0.1) is 0 Å². The second kappa shape index (κ2) is 5.16. The summed E-state index contributed by atoms with van der Waals surface area (Å²) in [4.78, 5) is 16.5. The molecule has 1 N–H and O–H groups in total. The van der Waals surface area contributed by atoms with Crippen molar-refractivity contribution in [3.8, 4) is 0 Å². The molecule has 1 amide bonds. The topological polar surface area (TPSA) is 42.0 Å². The largest absolute Gasteiger partial charge is 0.307 e. The van der Waals surface area contributed by atoms with Crippen LogP contribution in [-0.2, 0) is 4.79 Å². The highest BCUT2D eigenvalue weighted by atomic mass is 35.5. The summed E-state index contributed by atoms with van der Waals surface area (Å²) in [7, 11) is 0. The summed E-state index contributed by atoms with van der Waals surface area (Å²) >= 11 is 12.4. The van der Waals surface area contributed by atoms with E-state index in [1.807, 2.05) is 31.2 Å². The van der Waals surface area contributed by atoms with Gasteiger partial charge in [0.15, 0.2) is 0 Å². The van der Waals surface area contributed by atoms with E-state index in [1.54, 1.807) is 6.08 Å². The lowest BCUT2D eigenvalue weighted by atomic mass is 10.1. The Morgan fingerprint density at radius 3 is 2.90 bits per heavy atom. The highest BCUT2D eigenvalue weighted by Crippen LogP contribution is 2.29. The van der Waals surface area contributed by atoms with Gasteiger partial charge in [0.25, 0.3) is 5.91 Å². The fraction of sp³-hybridized carbons (Fsp3) is 0.0714. The van der Waals surface area contributed by atoms with Crippen LogP contribution in [0.3, 0.4) is 0 Å². The van der Waals surface area contributed by atoms with Crippen molar-refractivity contribution in [3.05, 3.63) is 45.5 Å². The van der Waals surface area contributed by atoms with Crippen molar-refractivity contribution in [1.82, 2.24) is 10.3 Å². The predicted molar refractivity (Wildman–Crippen MR) is 87.8 cm³/mol. The van der Waals surface area contributed by atoms with Crippen molar-refractivity contribution in [1.29, 1.82) is 0 Å². The van der Waals surface area contributed by atoms with Gasteiger partial charge in [0.2, 0.25) is 0 Å². The van der Waals surface area contributed by atoms with E-state index in [-0.39, 0.29) is 5.91 Å². The average molecular weight is 321 g/mol. The maximum absolute atomic E-state index is 11.7. The molecule has 3 rings (SSSR count). The summed E-state index contributed by atoms with van der Waals surface area (Å²) in [5, 5.41) is 3.94. The van der Waals surface area contributed by atoms with Crippen LogP contribution in [-0.4, -0.2) is 15.2 Å². The van der Waals surface area contributed by atoms with Gasteiger partial charge in [-0.3, -0.25) is 4.79 Å². The molecule has 0 unspecified atom stereocenters. The van der Waals surface area contributed by atoms with Crippen LogP contribution in [0.25, 0.3) is 17.0 Å². The van der Waals surface area contributed by atoms with Gasteiger partial charge in [0, 0.05) is 10.9 Å². The molecule has 3 nitrogen and oxygen atoms in total. The molecule has 1 aliphatic heterocycles. The maximum atomic E-state index is 11.7. The van der Waals surface area contributed by atoms with Crippen LogP contribution in [0.5, 0.6) is 0 Å². The molecular formula is C14H9ClN2OS2. The van der Waals surface area contributed by atoms with Gasteiger partial charge in [-0.2, -0.15) is 0 Å². The smallest absolute Gasteiger partial charge is 0.263 e. The number of thioether (sulfide) groups is 1. The van der Waals surface area contributed by atoms with E-state index >= 15 is 0 Å². The molecule has 1 aromatic heterocycles. The minimum Gasteiger partial charge on any atom is -0.307 e. The van der Waals surface area contributed by atoms with E-state index in [2.05, 4.69) is 10.3 Å². The van der Waals surface area contributed by atoms with Gasteiger partial charge >= 0.3 is 0 Å². The molecule has 2 heterocycles. The van der Waals surface area contributed by atoms with Crippen molar-refractivity contribution in [2.24, 2.45) is 0 Å². The number of halogens is 1. The van der Waals surface area contributed by atoms with Gasteiger partial charge in [-0.05, 0) is 31.2 Å². The first-order chi connectivity index (χ1) is 9.52. The quantitative estimate of drug-likeness (QED) is 0.494. The third kappa shape index (κ3) is 2.57. The molecule has 0 atom stereocenters. The van der Waals surface area contributed by atoms with Crippen molar-refractivity contribution in [3.63, 3.8) is 0 Å². The molecule has 0 bridgehead atoms. The van der Waals surface area contributed by atoms with Gasteiger partial charge in [-0.25, -0.2) is 4.98 Å². The van der Waals surface area contributed by atoms with Gasteiger partial charge in [-0.1, -0.05) is 47.2 Å². The number of thiocarbonyl (C=S) groups is 1. The van der Waals surface area contributed by atoms with Crippen molar-refractivity contribution in [2.45, 2.75) is 6.92 Å². The number of amides is 1.